The van der Waals surface area contributed by atoms with E-state index in [2.05, 4.69) is 12.2 Å². The van der Waals surface area contributed by atoms with Crippen LogP contribution in [0, 0.1) is 25.6 Å². The van der Waals surface area contributed by atoms with Gasteiger partial charge in [-0.05, 0) is 96.8 Å². The number of amides is 1. The highest BCUT2D eigenvalue weighted by atomic mass is 19.4. The van der Waals surface area contributed by atoms with Crippen LogP contribution in [0.5, 0.6) is 0 Å². The van der Waals surface area contributed by atoms with Crippen molar-refractivity contribution < 1.29 is 32.3 Å². The monoisotopic (exact) mass is 568 g/mol. The number of carbonyl (C=O) groups is 2. The first-order valence-corrected chi connectivity index (χ1v) is 13.4. The van der Waals surface area contributed by atoms with E-state index in [9.17, 15) is 22.8 Å². The van der Waals surface area contributed by atoms with E-state index in [1.165, 1.54) is 12.1 Å². The quantitative estimate of drug-likeness (QED) is 0.194. The molecule has 0 aliphatic rings. The molecule has 0 unspecified atom stereocenters. The summed E-state index contributed by atoms with van der Waals surface area (Å²) in [6, 6.07) is 14.0. The van der Waals surface area contributed by atoms with Crippen molar-refractivity contribution in [1.82, 2.24) is 9.88 Å². The molecule has 1 heterocycles. The van der Waals surface area contributed by atoms with E-state index >= 15 is 4.39 Å². The number of alkyl halides is 3. The Kier molecular flexibility index (Phi) is 8.85. The van der Waals surface area contributed by atoms with E-state index in [1.54, 1.807) is 19.1 Å². The van der Waals surface area contributed by atoms with E-state index in [4.69, 9.17) is 5.11 Å². The van der Waals surface area contributed by atoms with Crippen LogP contribution in [0.25, 0.3) is 22.0 Å². The van der Waals surface area contributed by atoms with E-state index in [-0.39, 0.29) is 24.8 Å². The van der Waals surface area contributed by atoms with Gasteiger partial charge in [-0.3, -0.25) is 9.59 Å². The number of nitrogens with one attached hydrogen (secondary N) is 1. The van der Waals surface area contributed by atoms with Gasteiger partial charge in [-0.25, -0.2) is 4.39 Å². The van der Waals surface area contributed by atoms with Crippen LogP contribution in [-0.4, -0.2) is 28.1 Å². The van der Waals surface area contributed by atoms with Crippen molar-refractivity contribution >= 4 is 22.8 Å². The largest absolute Gasteiger partial charge is 0.481 e. The molecule has 41 heavy (non-hydrogen) atoms. The minimum absolute atomic E-state index is 0.0671. The summed E-state index contributed by atoms with van der Waals surface area (Å²) in [5, 5.41) is 12.0. The molecule has 0 saturated carbocycles. The summed E-state index contributed by atoms with van der Waals surface area (Å²) < 4.78 is 56.7. The molecule has 0 fully saturated rings. The minimum atomic E-state index is -4.44. The maximum absolute atomic E-state index is 15.5. The van der Waals surface area contributed by atoms with Crippen LogP contribution in [0.2, 0.25) is 0 Å². The molecule has 0 spiro atoms. The Hall–Kier alpha value is -4.14. The molecule has 1 aromatic heterocycles. The molecule has 0 aliphatic carbocycles. The number of benzene rings is 3. The highest BCUT2D eigenvalue weighted by Crippen LogP contribution is 2.37. The van der Waals surface area contributed by atoms with Crippen LogP contribution in [0.4, 0.5) is 17.6 Å². The lowest BCUT2D eigenvalue weighted by Crippen LogP contribution is -2.25. The third-order valence-corrected chi connectivity index (χ3v) is 7.39. The second-order valence-corrected chi connectivity index (χ2v) is 10.5. The zero-order chi connectivity index (χ0) is 29.9. The Morgan fingerprint density at radius 2 is 1.71 bits per heavy atom. The zero-order valence-electron chi connectivity index (χ0n) is 23.1. The van der Waals surface area contributed by atoms with Gasteiger partial charge >= 0.3 is 12.1 Å². The summed E-state index contributed by atoms with van der Waals surface area (Å²) in [6.45, 7) is 6.20. The summed E-state index contributed by atoms with van der Waals surface area (Å²) in [6.07, 6.45) is -1.14. The number of halogens is 4. The Balaban J connectivity index is 1.43. The normalized spacial score (nSPS) is 12.5. The zero-order valence-corrected chi connectivity index (χ0v) is 23.1. The van der Waals surface area contributed by atoms with Gasteiger partial charge < -0.3 is 15.0 Å². The first-order chi connectivity index (χ1) is 19.3. The lowest BCUT2D eigenvalue weighted by molar-refractivity contribution is -0.138. The Labute approximate surface area is 235 Å². The summed E-state index contributed by atoms with van der Waals surface area (Å²) in [5.41, 5.74) is 3.64. The van der Waals surface area contributed by atoms with Crippen LogP contribution >= 0.6 is 0 Å². The molecule has 1 amide bonds. The first-order valence-electron chi connectivity index (χ1n) is 13.4. The third kappa shape index (κ3) is 6.96. The van der Waals surface area contributed by atoms with Gasteiger partial charge in [0, 0.05) is 30.2 Å². The lowest BCUT2D eigenvalue weighted by Gasteiger charge is -2.17. The molecule has 4 rings (SSSR count). The number of fused-ring (bicyclic) bond motifs is 1. The standard InChI is InChI=1S/C32H32F4N2O3/c1-19(4-5-22-6-8-23(9-7-22)31(41)37-14-12-29(39)40)18-38-15-13-26-21(3)27(17-28(33)30(26)38)25-11-10-24(16-20(25)2)32(34,35)36/h6-11,13,15-17,19H,4-5,12,14,18H2,1-3H3,(H,37,41)(H,39,40)/t19-/m0/s1. The fraction of sp³-hybridized carbons (Fsp3) is 0.312. The minimum Gasteiger partial charge on any atom is -0.481 e. The lowest BCUT2D eigenvalue weighted by atomic mass is 9.93. The number of carboxylic acids is 1. The van der Waals surface area contributed by atoms with Crippen LogP contribution in [0.3, 0.4) is 0 Å². The van der Waals surface area contributed by atoms with Gasteiger partial charge in [0.05, 0.1) is 17.5 Å². The number of hydrogen-bond donors (Lipinski definition) is 2. The van der Waals surface area contributed by atoms with Crippen molar-refractivity contribution in [3.05, 3.63) is 94.4 Å². The molecule has 5 nitrogen and oxygen atoms in total. The fourth-order valence-corrected chi connectivity index (χ4v) is 5.11. The van der Waals surface area contributed by atoms with E-state index in [0.717, 1.165) is 41.5 Å². The maximum Gasteiger partial charge on any atom is 0.416 e. The Bertz CT molecular complexity index is 1570. The van der Waals surface area contributed by atoms with Crippen LogP contribution in [0.15, 0.2) is 60.8 Å². The van der Waals surface area contributed by atoms with Crippen LogP contribution < -0.4 is 5.32 Å². The third-order valence-electron chi connectivity index (χ3n) is 7.39. The van der Waals surface area contributed by atoms with E-state index < -0.39 is 23.5 Å². The SMILES string of the molecule is Cc1cc(C(F)(F)F)ccc1-c1cc(F)c2c(ccn2C[C@@H](C)CCc2ccc(C(=O)NCCC(=O)O)cc2)c1C. The topological polar surface area (TPSA) is 71.3 Å². The summed E-state index contributed by atoms with van der Waals surface area (Å²) in [4.78, 5) is 22.7. The van der Waals surface area contributed by atoms with Crippen LogP contribution in [-0.2, 0) is 23.9 Å². The smallest absolute Gasteiger partial charge is 0.416 e. The van der Waals surface area contributed by atoms with Gasteiger partial charge in [0.1, 0.15) is 5.82 Å². The Morgan fingerprint density at radius 1 is 1.00 bits per heavy atom. The fourth-order valence-electron chi connectivity index (χ4n) is 5.11. The molecule has 0 radical (unpaired) electrons. The molecule has 0 bridgehead atoms. The van der Waals surface area contributed by atoms with Gasteiger partial charge in [0.25, 0.3) is 5.91 Å². The summed E-state index contributed by atoms with van der Waals surface area (Å²) in [5.74, 6) is -1.51. The molecule has 3 aromatic carbocycles. The summed E-state index contributed by atoms with van der Waals surface area (Å²) >= 11 is 0. The first kappa shape index (κ1) is 29.8. The van der Waals surface area contributed by atoms with Crippen molar-refractivity contribution in [2.75, 3.05) is 6.54 Å². The second kappa shape index (κ2) is 12.2. The van der Waals surface area contributed by atoms with E-state index in [1.807, 2.05) is 35.9 Å². The highest BCUT2D eigenvalue weighted by molar-refractivity contribution is 5.94. The average Bonchev–Trinajstić information content (AvgIpc) is 3.33. The maximum atomic E-state index is 15.5. The number of carbonyl (C=O) groups excluding carboxylic acids is 1. The van der Waals surface area contributed by atoms with Gasteiger partial charge in [-0.2, -0.15) is 13.2 Å². The molecule has 9 heteroatoms. The highest BCUT2D eigenvalue weighted by Gasteiger charge is 2.31. The van der Waals surface area contributed by atoms with Crippen molar-refractivity contribution in [2.24, 2.45) is 5.92 Å². The van der Waals surface area contributed by atoms with E-state index in [0.29, 0.717) is 34.3 Å². The molecule has 216 valence electrons. The number of nitrogens with zero attached hydrogens (tertiary/aromatic N) is 1. The average molecular weight is 569 g/mol. The number of aryl methyl sites for hydroxylation is 3. The number of aliphatic carboxylic acids is 1. The van der Waals surface area contributed by atoms with Gasteiger partial charge in [0.15, 0.2) is 0 Å². The number of carboxylic acid groups (broad SMARTS) is 1. The Morgan fingerprint density at radius 3 is 2.34 bits per heavy atom. The number of rotatable bonds is 10. The summed E-state index contributed by atoms with van der Waals surface area (Å²) in [7, 11) is 0. The predicted molar refractivity (Wildman–Crippen MR) is 150 cm³/mol. The number of hydrogen-bond acceptors (Lipinski definition) is 2. The van der Waals surface area contributed by atoms with Crippen molar-refractivity contribution in [3.8, 4) is 11.1 Å². The molecular weight excluding hydrogens is 536 g/mol. The molecule has 1 atom stereocenters. The van der Waals surface area contributed by atoms with Crippen molar-refractivity contribution in [2.45, 2.75) is 52.8 Å². The molecule has 0 aliphatic heterocycles. The van der Waals surface area contributed by atoms with Crippen molar-refractivity contribution in [3.63, 3.8) is 0 Å². The number of aromatic nitrogens is 1. The van der Waals surface area contributed by atoms with Crippen molar-refractivity contribution in [1.29, 1.82) is 0 Å². The molecule has 2 N–H and O–H groups in total. The second-order valence-electron chi connectivity index (χ2n) is 10.5. The van der Waals surface area contributed by atoms with Crippen LogP contribution in [0.1, 0.15) is 52.4 Å². The van der Waals surface area contributed by atoms with Gasteiger partial charge in [-0.15, -0.1) is 0 Å². The van der Waals surface area contributed by atoms with Gasteiger partial charge in [-0.1, -0.05) is 25.1 Å². The predicted octanol–water partition coefficient (Wildman–Crippen LogP) is 7.56. The molecule has 0 saturated heterocycles. The molecule has 4 aromatic rings. The van der Waals surface area contributed by atoms with Gasteiger partial charge in [0.2, 0.25) is 0 Å². The molecular formula is C32H32F4N2O3.